The van der Waals surface area contributed by atoms with E-state index in [1.54, 1.807) is 30.3 Å². The highest BCUT2D eigenvalue weighted by Crippen LogP contribution is 2.53. The van der Waals surface area contributed by atoms with Gasteiger partial charge in [0.1, 0.15) is 0 Å². The molecule has 0 aliphatic carbocycles. The molecule has 0 fully saturated rings. The van der Waals surface area contributed by atoms with E-state index in [1.165, 1.54) is 38.5 Å². The van der Waals surface area contributed by atoms with Crippen molar-refractivity contribution in [2.45, 2.75) is 12.3 Å². The highest BCUT2D eigenvalue weighted by molar-refractivity contribution is 7.54. The van der Waals surface area contributed by atoms with Crippen LogP contribution >= 0.6 is 7.60 Å². The number of rotatable bonds is 8. The van der Waals surface area contributed by atoms with Gasteiger partial charge in [-0.2, -0.15) is 0 Å². The van der Waals surface area contributed by atoms with Gasteiger partial charge in [-0.05, 0) is 17.7 Å². The molecule has 0 aliphatic rings. The van der Waals surface area contributed by atoms with Crippen LogP contribution in [-0.4, -0.2) is 31.0 Å². The smallest absolute Gasteiger partial charge is 0.370 e. The largest absolute Gasteiger partial charge is 0.445 e. The van der Waals surface area contributed by atoms with E-state index in [2.05, 4.69) is 0 Å². The van der Waals surface area contributed by atoms with E-state index in [0.717, 1.165) is 0 Å². The van der Waals surface area contributed by atoms with Gasteiger partial charge in [0, 0.05) is 32.8 Å². The molecule has 8 nitrogen and oxygen atoms in total. The normalized spacial score (nSPS) is 12.4. The molecule has 0 radical (unpaired) electrons. The van der Waals surface area contributed by atoms with Crippen LogP contribution in [0.15, 0.2) is 54.6 Å². The molecule has 1 atom stereocenters. The number of hydrogen-bond acceptors (Lipinski definition) is 7. The second-order valence-electron chi connectivity index (χ2n) is 5.26. The average molecular weight is 379 g/mol. The fraction of sp³-hybridized carbons (Fsp3) is 0.235. The van der Waals surface area contributed by atoms with Crippen molar-refractivity contribution in [1.29, 1.82) is 0 Å². The summed E-state index contributed by atoms with van der Waals surface area (Å²) in [5.74, 6) is -1.88. The number of carbonyl (C=O) groups is 1. The van der Waals surface area contributed by atoms with Crippen LogP contribution < -0.4 is 0 Å². The third-order valence-electron chi connectivity index (χ3n) is 3.67. The van der Waals surface area contributed by atoms with Gasteiger partial charge in [0.25, 0.3) is 5.69 Å². The molecule has 0 aliphatic heterocycles. The van der Waals surface area contributed by atoms with Crippen molar-refractivity contribution < 1.29 is 28.1 Å². The molecule has 2 rings (SSSR count). The zero-order valence-electron chi connectivity index (χ0n) is 14.2. The molecular formula is C17H18NO7P. The van der Waals surface area contributed by atoms with Gasteiger partial charge in [0.05, 0.1) is 10.5 Å². The molecule has 138 valence electrons. The van der Waals surface area contributed by atoms with Gasteiger partial charge in [-0.3, -0.25) is 14.7 Å². The maximum Gasteiger partial charge on any atom is 0.370 e. The molecule has 2 aromatic rings. The van der Waals surface area contributed by atoms with Crippen LogP contribution in [0.5, 0.6) is 0 Å². The predicted octanol–water partition coefficient (Wildman–Crippen LogP) is 3.81. The summed E-state index contributed by atoms with van der Waals surface area (Å²) in [6, 6.07) is 13.9. The fourth-order valence-electron chi connectivity index (χ4n) is 2.25. The molecule has 0 amide bonds. The molecular weight excluding hydrogens is 361 g/mol. The van der Waals surface area contributed by atoms with Crippen LogP contribution in [0, 0.1) is 10.1 Å². The predicted molar refractivity (Wildman–Crippen MR) is 94.1 cm³/mol. The molecule has 0 spiro atoms. The van der Waals surface area contributed by atoms with E-state index >= 15 is 0 Å². The molecule has 0 saturated carbocycles. The Morgan fingerprint density at radius 2 is 1.65 bits per heavy atom. The van der Waals surface area contributed by atoms with E-state index in [4.69, 9.17) is 13.8 Å². The second-order valence-corrected chi connectivity index (χ2v) is 7.64. The van der Waals surface area contributed by atoms with E-state index in [9.17, 15) is 19.5 Å². The SMILES string of the molecule is COP(=O)(OC)C(Cc1ccc([N+](=O)[O-])cc1)OC(=O)c1ccccc1. The summed E-state index contributed by atoms with van der Waals surface area (Å²) in [6.45, 7) is 0. The highest BCUT2D eigenvalue weighted by Gasteiger charge is 2.38. The molecule has 0 heterocycles. The van der Waals surface area contributed by atoms with Gasteiger partial charge in [0.15, 0.2) is 0 Å². The maximum absolute atomic E-state index is 12.8. The van der Waals surface area contributed by atoms with Gasteiger partial charge >= 0.3 is 13.6 Å². The molecule has 26 heavy (non-hydrogen) atoms. The quantitative estimate of drug-likeness (QED) is 0.297. The third-order valence-corrected chi connectivity index (χ3v) is 5.68. The van der Waals surface area contributed by atoms with Gasteiger partial charge in [-0.15, -0.1) is 0 Å². The van der Waals surface area contributed by atoms with E-state index < -0.39 is 24.3 Å². The van der Waals surface area contributed by atoms with Crippen molar-refractivity contribution in [2.75, 3.05) is 14.2 Å². The number of hydrogen-bond donors (Lipinski definition) is 0. The molecule has 0 bridgehead atoms. The first kappa shape index (κ1) is 19.8. The minimum atomic E-state index is -3.74. The molecule has 9 heteroatoms. The number of non-ortho nitro benzene ring substituents is 1. The van der Waals surface area contributed by atoms with Gasteiger partial charge in [-0.25, -0.2) is 4.79 Å². The Labute approximate surface area is 150 Å². The summed E-state index contributed by atoms with van der Waals surface area (Å²) < 4.78 is 28.1. The fourth-order valence-corrected chi connectivity index (χ4v) is 3.53. The topological polar surface area (TPSA) is 105 Å². The summed E-state index contributed by atoms with van der Waals surface area (Å²) in [7, 11) is -1.34. The lowest BCUT2D eigenvalue weighted by Gasteiger charge is -2.24. The summed E-state index contributed by atoms with van der Waals surface area (Å²) in [4.78, 5) is 22.5. The van der Waals surface area contributed by atoms with E-state index in [1.807, 2.05) is 0 Å². The van der Waals surface area contributed by atoms with Crippen LogP contribution in [0.3, 0.4) is 0 Å². The zero-order chi connectivity index (χ0) is 19.2. The van der Waals surface area contributed by atoms with Crippen LogP contribution in [0.4, 0.5) is 5.69 Å². The number of esters is 1. The van der Waals surface area contributed by atoms with Crippen molar-refractivity contribution >= 4 is 19.3 Å². The Balaban J connectivity index is 2.25. The van der Waals surface area contributed by atoms with Crippen molar-refractivity contribution in [3.63, 3.8) is 0 Å². The van der Waals surface area contributed by atoms with Crippen molar-refractivity contribution in [3.05, 3.63) is 75.8 Å². The number of benzene rings is 2. The van der Waals surface area contributed by atoms with Crippen LogP contribution in [0.25, 0.3) is 0 Å². The standard InChI is InChI=1S/C17H18NO7P/c1-23-26(22,24-2)16(25-17(19)14-6-4-3-5-7-14)12-13-8-10-15(11-9-13)18(20)21/h3-11,16H,12H2,1-2H3. The average Bonchev–Trinajstić information content (AvgIpc) is 2.67. The molecule has 1 unspecified atom stereocenters. The third kappa shape index (κ3) is 4.76. The minimum Gasteiger partial charge on any atom is -0.445 e. The Morgan fingerprint density at radius 1 is 1.08 bits per heavy atom. The number of carbonyl (C=O) groups excluding carboxylic acids is 1. The first-order valence-corrected chi connectivity index (χ1v) is 9.21. The summed E-state index contributed by atoms with van der Waals surface area (Å²) in [6.07, 6.45) is 0.00945. The Hall–Kier alpha value is -2.54. The zero-order valence-corrected chi connectivity index (χ0v) is 15.1. The number of nitro benzene ring substituents is 1. The van der Waals surface area contributed by atoms with Crippen molar-refractivity contribution in [3.8, 4) is 0 Å². The first-order chi connectivity index (χ1) is 12.4. The van der Waals surface area contributed by atoms with Gasteiger partial charge in [0.2, 0.25) is 5.85 Å². The van der Waals surface area contributed by atoms with Crippen molar-refractivity contribution in [2.24, 2.45) is 0 Å². The first-order valence-electron chi connectivity index (χ1n) is 7.60. The second kappa shape index (κ2) is 8.71. The maximum atomic E-state index is 12.8. The van der Waals surface area contributed by atoms with E-state index in [-0.39, 0.29) is 12.1 Å². The van der Waals surface area contributed by atoms with Gasteiger partial charge in [-0.1, -0.05) is 30.3 Å². The molecule has 2 aromatic carbocycles. The molecule has 0 N–H and O–H groups in total. The lowest BCUT2D eigenvalue weighted by atomic mass is 10.1. The lowest BCUT2D eigenvalue weighted by Crippen LogP contribution is -2.22. The number of nitrogens with zero attached hydrogens (tertiary/aromatic N) is 1. The van der Waals surface area contributed by atoms with Gasteiger partial charge < -0.3 is 13.8 Å². The Bertz CT molecular complexity index is 800. The Kier molecular flexibility index (Phi) is 6.63. The van der Waals surface area contributed by atoms with E-state index in [0.29, 0.717) is 11.1 Å². The van der Waals surface area contributed by atoms with Crippen molar-refractivity contribution in [1.82, 2.24) is 0 Å². The number of nitro groups is 1. The lowest BCUT2D eigenvalue weighted by molar-refractivity contribution is -0.384. The van der Waals surface area contributed by atoms with Crippen LogP contribution in [-0.2, 0) is 24.8 Å². The summed E-state index contributed by atoms with van der Waals surface area (Å²) in [5.41, 5.74) is 0.795. The number of ether oxygens (including phenoxy) is 1. The molecule has 0 saturated heterocycles. The summed E-state index contributed by atoms with van der Waals surface area (Å²) in [5, 5.41) is 10.7. The monoisotopic (exact) mass is 379 g/mol. The van der Waals surface area contributed by atoms with Crippen LogP contribution in [0.2, 0.25) is 0 Å². The van der Waals surface area contributed by atoms with Crippen LogP contribution in [0.1, 0.15) is 15.9 Å². The minimum absolute atomic E-state index is 0.00945. The highest BCUT2D eigenvalue weighted by atomic mass is 31.2. The molecule has 0 aromatic heterocycles. The Morgan fingerprint density at radius 3 is 2.15 bits per heavy atom. The summed E-state index contributed by atoms with van der Waals surface area (Å²) >= 11 is 0.